The topological polar surface area (TPSA) is 104 Å². The third kappa shape index (κ3) is 3.76. The highest BCUT2D eigenvalue weighted by molar-refractivity contribution is 5.93. The number of hydrogen-bond acceptors (Lipinski definition) is 3. The van der Waals surface area contributed by atoms with Crippen molar-refractivity contribution in [2.75, 3.05) is 6.54 Å². The minimum Gasteiger partial charge on any atom is -0.392 e. The molecule has 0 aromatic heterocycles. The molecule has 0 radical (unpaired) electrons. The van der Waals surface area contributed by atoms with Gasteiger partial charge in [-0.3, -0.25) is 4.79 Å². The first-order valence-electron chi connectivity index (χ1n) is 8.64. The predicted octanol–water partition coefficient (Wildman–Crippen LogP) is 1.22. The van der Waals surface area contributed by atoms with Gasteiger partial charge in [0.25, 0.3) is 0 Å². The quantitative estimate of drug-likeness (QED) is 0.620. The number of carbonyl (C=O) groups excluding carboxylic acids is 2. The fourth-order valence-electron chi connectivity index (χ4n) is 3.80. The van der Waals surface area contributed by atoms with Crippen LogP contribution in [0.5, 0.6) is 0 Å². The van der Waals surface area contributed by atoms with Gasteiger partial charge in [-0.2, -0.15) is 0 Å². The summed E-state index contributed by atoms with van der Waals surface area (Å²) in [6, 6.07) is 5.51. The standard InChI is InChI=1S/C18H24FN3O3/c19-13-5-3-12(4-6-13)10-17(7-1-2-14(17)23)11-21-15(24)18(8-9-18)22-16(20)25/h3-6,14,23H,1-2,7-11H2,(H,21,24)(H3,20,22,25)/t14-,17+/m1/s1. The normalized spacial score (nSPS) is 26.9. The van der Waals surface area contributed by atoms with Crippen molar-refractivity contribution in [3.63, 3.8) is 0 Å². The van der Waals surface area contributed by atoms with Crippen molar-refractivity contribution in [2.24, 2.45) is 11.1 Å². The fraction of sp³-hybridized carbons (Fsp3) is 0.556. The zero-order valence-electron chi connectivity index (χ0n) is 14.1. The van der Waals surface area contributed by atoms with Crippen LogP contribution in [-0.4, -0.2) is 35.2 Å². The highest BCUT2D eigenvalue weighted by atomic mass is 19.1. The van der Waals surface area contributed by atoms with Gasteiger partial charge in [0.15, 0.2) is 0 Å². The summed E-state index contributed by atoms with van der Waals surface area (Å²) in [5.74, 6) is -0.560. The second-order valence-corrected chi connectivity index (χ2v) is 7.33. The Morgan fingerprint density at radius 2 is 1.92 bits per heavy atom. The van der Waals surface area contributed by atoms with E-state index in [1.165, 1.54) is 12.1 Å². The van der Waals surface area contributed by atoms with Crippen molar-refractivity contribution in [3.8, 4) is 0 Å². The Morgan fingerprint density at radius 3 is 2.44 bits per heavy atom. The molecular formula is C18H24FN3O3. The van der Waals surface area contributed by atoms with E-state index in [2.05, 4.69) is 10.6 Å². The number of carbonyl (C=O) groups is 2. The lowest BCUT2D eigenvalue weighted by Crippen LogP contribution is -2.53. The summed E-state index contributed by atoms with van der Waals surface area (Å²) in [6.45, 7) is 0.312. The Bertz CT molecular complexity index is 660. The Labute approximate surface area is 146 Å². The predicted molar refractivity (Wildman–Crippen MR) is 90.1 cm³/mol. The Kier molecular flexibility index (Phi) is 4.69. The summed E-state index contributed by atoms with van der Waals surface area (Å²) in [7, 11) is 0. The van der Waals surface area contributed by atoms with Crippen molar-refractivity contribution in [1.82, 2.24) is 10.6 Å². The van der Waals surface area contributed by atoms with E-state index < -0.39 is 23.1 Å². The van der Waals surface area contributed by atoms with Gasteiger partial charge in [-0.1, -0.05) is 18.6 Å². The average Bonchev–Trinajstić information content (AvgIpc) is 3.25. The lowest BCUT2D eigenvalue weighted by atomic mass is 9.78. The summed E-state index contributed by atoms with van der Waals surface area (Å²) in [5.41, 5.74) is 4.69. The number of aliphatic hydroxyl groups excluding tert-OH is 1. The minimum atomic E-state index is -0.896. The van der Waals surface area contributed by atoms with Gasteiger partial charge in [-0.25, -0.2) is 9.18 Å². The number of hydrogen-bond donors (Lipinski definition) is 4. The fourth-order valence-corrected chi connectivity index (χ4v) is 3.80. The van der Waals surface area contributed by atoms with Gasteiger partial charge in [-0.05, 0) is 49.8 Å². The van der Waals surface area contributed by atoms with Crippen molar-refractivity contribution >= 4 is 11.9 Å². The van der Waals surface area contributed by atoms with E-state index in [4.69, 9.17) is 5.73 Å². The van der Waals surface area contributed by atoms with E-state index in [9.17, 15) is 19.1 Å². The lowest BCUT2D eigenvalue weighted by Gasteiger charge is -2.34. The molecule has 2 aliphatic carbocycles. The van der Waals surface area contributed by atoms with Gasteiger partial charge in [0.05, 0.1) is 6.10 Å². The van der Waals surface area contributed by atoms with E-state index in [1.54, 1.807) is 12.1 Å². The summed E-state index contributed by atoms with van der Waals surface area (Å²) < 4.78 is 13.1. The summed E-state index contributed by atoms with van der Waals surface area (Å²) >= 11 is 0. The average molecular weight is 349 g/mol. The first-order valence-corrected chi connectivity index (χ1v) is 8.64. The molecule has 0 spiro atoms. The molecule has 6 nitrogen and oxygen atoms in total. The molecule has 2 atom stereocenters. The smallest absolute Gasteiger partial charge is 0.313 e. The maximum atomic E-state index is 13.1. The number of urea groups is 1. The van der Waals surface area contributed by atoms with Crippen LogP contribution >= 0.6 is 0 Å². The van der Waals surface area contributed by atoms with Crippen LogP contribution in [-0.2, 0) is 11.2 Å². The van der Waals surface area contributed by atoms with Crippen molar-refractivity contribution < 1.29 is 19.1 Å². The molecule has 136 valence electrons. The SMILES string of the molecule is NC(=O)NC1(C(=O)NC[C@@]2(Cc3ccc(F)cc3)CCC[C@H]2O)CC1. The van der Waals surface area contributed by atoms with Crippen molar-refractivity contribution in [1.29, 1.82) is 0 Å². The first-order chi connectivity index (χ1) is 11.9. The van der Waals surface area contributed by atoms with Gasteiger partial charge in [0.1, 0.15) is 11.4 Å². The second kappa shape index (κ2) is 6.63. The Morgan fingerprint density at radius 1 is 1.24 bits per heavy atom. The third-order valence-electron chi connectivity index (χ3n) is 5.48. The van der Waals surface area contributed by atoms with E-state index in [-0.39, 0.29) is 11.7 Å². The highest BCUT2D eigenvalue weighted by Gasteiger charge is 2.52. The van der Waals surface area contributed by atoms with Crippen LogP contribution in [0.1, 0.15) is 37.7 Å². The molecule has 1 aromatic rings. The third-order valence-corrected chi connectivity index (χ3v) is 5.48. The molecular weight excluding hydrogens is 325 g/mol. The number of aliphatic hydroxyl groups is 1. The molecule has 0 saturated heterocycles. The number of rotatable bonds is 6. The molecule has 0 heterocycles. The number of nitrogens with two attached hydrogens (primary N) is 1. The molecule has 1 aromatic carbocycles. The van der Waals surface area contributed by atoms with E-state index >= 15 is 0 Å². The van der Waals surface area contributed by atoms with E-state index in [0.717, 1.165) is 18.4 Å². The Balaban J connectivity index is 1.68. The molecule has 5 N–H and O–H groups in total. The highest BCUT2D eigenvalue weighted by Crippen LogP contribution is 2.42. The van der Waals surface area contributed by atoms with Crippen molar-refractivity contribution in [3.05, 3.63) is 35.6 Å². The van der Waals surface area contributed by atoms with Crippen LogP contribution in [0.3, 0.4) is 0 Å². The minimum absolute atomic E-state index is 0.260. The first kappa shape index (κ1) is 17.7. The van der Waals surface area contributed by atoms with Gasteiger partial charge in [0.2, 0.25) is 5.91 Å². The van der Waals surface area contributed by atoms with Gasteiger partial charge in [-0.15, -0.1) is 0 Å². The molecule has 2 fully saturated rings. The maximum Gasteiger partial charge on any atom is 0.313 e. The number of nitrogens with one attached hydrogen (secondary N) is 2. The second-order valence-electron chi connectivity index (χ2n) is 7.33. The van der Waals surface area contributed by atoms with Crippen molar-refractivity contribution in [2.45, 2.75) is 50.2 Å². The van der Waals surface area contributed by atoms with Crippen LogP contribution in [0.4, 0.5) is 9.18 Å². The lowest BCUT2D eigenvalue weighted by molar-refractivity contribution is -0.124. The molecule has 3 rings (SSSR count). The Hall–Kier alpha value is -2.15. The molecule has 2 aliphatic rings. The van der Waals surface area contributed by atoms with E-state index in [0.29, 0.717) is 32.2 Å². The van der Waals surface area contributed by atoms with Crippen LogP contribution in [0.15, 0.2) is 24.3 Å². The molecule has 2 saturated carbocycles. The largest absolute Gasteiger partial charge is 0.392 e. The molecule has 0 unspecified atom stereocenters. The summed E-state index contributed by atoms with van der Waals surface area (Å²) in [5, 5.41) is 15.9. The zero-order chi connectivity index (χ0) is 18.1. The molecule has 0 bridgehead atoms. The van der Waals surface area contributed by atoms with Crippen LogP contribution in [0.2, 0.25) is 0 Å². The van der Waals surface area contributed by atoms with E-state index in [1.807, 2.05) is 0 Å². The van der Waals surface area contributed by atoms with Crippen LogP contribution < -0.4 is 16.4 Å². The maximum absolute atomic E-state index is 13.1. The molecule has 3 amide bonds. The number of benzene rings is 1. The van der Waals surface area contributed by atoms with Gasteiger partial charge < -0.3 is 21.5 Å². The number of amides is 3. The molecule has 0 aliphatic heterocycles. The van der Waals surface area contributed by atoms with Crippen LogP contribution in [0, 0.1) is 11.2 Å². The summed E-state index contributed by atoms with van der Waals surface area (Å²) in [6.07, 6.45) is 3.50. The monoisotopic (exact) mass is 349 g/mol. The zero-order valence-corrected chi connectivity index (χ0v) is 14.1. The molecule has 25 heavy (non-hydrogen) atoms. The van der Waals surface area contributed by atoms with Gasteiger partial charge in [0, 0.05) is 12.0 Å². The number of halogens is 1. The summed E-state index contributed by atoms with van der Waals surface area (Å²) in [4.78, 5) is 23.5. The van der Waals surface area contributed by atoms with Crippen LogP contribution in [0.25, 0.3) is 0 Å². The van der Waals surface area contributed by atoms with Gasteiger partial charge >= 0.3 is 6.03 Å². The molecule has 7 heteroatoms. The number of primary amides is 1.